The van der Waals surface area contributed by atoms with E-state index < -0.39 is 5.60 Å². The summed E-state index contributed by atoms with van der Waals surface area (Å²) in [6.07, 6.45) is 7.03. The van der Waals surface area contributed by atoms with E-state index in [-0.39, 0.29) is 18.2 Å². The SMILES string of the molecule is Cc1cncc2cccc(N(C(=O)OC(C)(C)C)C3CCC(N)CC3)c12. The summed E-state index contributed by atoms with van der Waals surface area (Å²) in [5, 5.41) is 2.09. The molecule has 0 saturated heterocycles. The molecule has 140 valence electrons. The summed E-state index contributed by atoms with van der Waals surface area (Å²) < 4.78 is 5.76. The van der Waals surface area contributed by atoms with Crippen LogP contribution < -0.4 is 10.6 Å². The number of pyridine rings is 1. The Hall–Kier alpha value is -2.14. The van der Waals surface area contributed by atoms with Gasteiger partial charge in [-0.15, -0.1) is 0 Å². The summed E-state index contributed by atoms with van der Waals surface area (Å²) in [5.41, 5.74) is 7.50. The zero-order valence-corrected chi connectivity index (χ0v) is 16.2. The molecule has 0 aliphatic heterocycles. The number of amides is 1. The molecule has 0 spiro atoms. The Labute approximate surface area is 155 Å². The molecule has 1 fully saturated rings. The van der Waals surface area contributed by atoms with Gasteiger partial charge in [-0.3, -0.25) is 9.88 Å². The second-order valence-electron chi connectivity index (χ2n) is 8.25. The van der Waals surface area contributed by atoms with Crippen molar-refractivity contribution in [1.29, 1.82) is 0 Å². The summed E-state index contributed by atoms with van der Waals surface area (Å²) >= 11 is 0. The monoisotopic (exact) mass is 355 g/mol. The molecule has 0 atom stereocenters. The van der Waals surface area contributed by atoms with Crippen LogP contribution >= 0.6 is 0 Å². The number of aryl methyl sites for hydroxylation is 1. The van der Waals surface area contributed by atoms with E-state index in [0.29, 0.717) is 0 Å². The molecule has 5 nitrogen and oxygen atoms in total. The Balaban J connectivity index is 2.07. The molecular formula is C21H29N3O2. The lowest BCUT2D eigenvalue weighted by atomic mass is 9.90. The number of ether oxygens (including phenoxy) is 1. The van der Waals surface area contributed by atoms with Gasteiger partial charge in [0.15, 0.2) is 0 Å². The Morgan fingerprint density at radius 1 is 1.19 bits per heavy atom. The van der Waals surface area contributed by atoms with Gasteiger partial charge in [0.1, 0.15) is 5.60 Å². The van der Waals surface area contributed by atoms with Gasteiger partial charge in [0, 0.05) is 35.2 Å². The first kappa shape index (κ1) is 18.6. The van der Waals surface area contributed by atoms with Gasteiger partial charge in [-0.2, -0.15) is 0 Å². The molecule has 1 aliphatic rings. The number of rotatable bonds is 2. The van der Waals surface area contributed by atoms with E-state index in [1.807, 2.05) is 63.2 Å². The van der Waals surface area contributed by atoms with Crippen molar-refractivity contribution >= 4 is 22.6 Å². The quantitative estimate of drug-likeness (QED) is 0.858. The van der Waals surface area contributed by atoms with Crippen molar-refractivity contribution < 1.29 is 9.53 Å². The molecule has 3 rings (SSSR count). The topological polar surface area (TPSA) is 68.5 Å². The third kappa shape index (κ3) is 3.98. The standard InChI is InChI=1S/C21H29N3O2/c1-14-12-23-13-15-6-5-7-18(19(14)15)24(20(25)26-21(2,3)4)17-10-8-16(22)9-11-17/h5-7,12-13,16-17H,8-11,22H2,1-4H3. The van der Waals surface area contributed by atoms with E-state index in [2.05, 4.69) is 4.98 Å². The van der Waals surface area contributed by atoms with E-state index >= 15 is 0 Å². The van der Waals surface area contributed by atoms with Crippen LogP contribution in [0, 0.1) is 6.92 Å². The number of carbonyl (C=O) groups is 1. The maximum Gasteiger partial charge on any atom is 0.415 e. The normalized spacial score (nSPS) is 20.8. The number of anilines is 1. The highest BCUT2D eigenvalue weighted by molar-refractivity contribution is 6.03. The predicted molar refractivity (Wildman–Crippen MR) is 105 cm³/mol. The summed E-state index contributed by atoms with van der Waals surface area (Å²) in [7, 11) is 0. The smallest absolute Gasteiger partial charge is 0.415 e. The van der Waals surface area contributed by atoms with E-state index in [0.717, 1.165) is 47.7 Å². The number of aromatic nitrogens is 1. The van der Waals surface area contributed by atoms with Crippen LogP contribution in [0.3, 0.4) is 0 Å². The molecule has 1 saturated carbocycles. The van der Waals surface area contributed by atoms with Crippen molar-refractivity contribution in [3.05, 3.63) is 36.2 Å². The number of fused-ring (bicyclic) bond motifs is 1. The molecule has 0 bridgehead atoms. The van der Waals surface area contributed by atoms with Crippen LogP contribution in [0.5, 0.6) is 0 Å². The van der Waals surface area contributed by atoms with Gasteiger partial charge in [-0.05, 0) is 65.0 Å². The van der Waals surface area contributed by atoms with Crippen LogP contribution in [0.2, 0.25) is 0 Å². The van der Waals surface area contributed by atoms with Gasteiger partial charge in [-0.25, -0.2) is 4.79 Å². The molecular weight excluding hydrogens is 326 g/mol. The Morgan fingerprint density at radius 2 is 1.88 bits per heavy atom. The van der Waals surface area contributed by atoms with Crippen molar-refractivity contribution in [3.8, 4) is 0 Å². The fraction of sp³-hybridized carbons (Fsp3) is 0.524. The molecule has 5 heteroatoms. The number of hydrogen-bond donors (Lipinski definition) is 1. The van der Waals surface area contributed by atoms with Crippen LogP contribution in [-0.4, -0.2) is 28.8 Å². The van der Waals surface area contributed by atoms with Gasteiger partial charge < -0.3 is 10.5 Å². The van der Waals surface area contributed by atoms with Crippen molar-refractivity contribution in [1.82, 2.24) is 4.98 Å². The highest BCUT2D eigenvalue weighted by Gasteiger charge is 2.33. The molecule has 1 heterocycles. The van der Waals surface area contributed by atoms with Crippen LogP contribution in [0.15, 0.2) is 30.6 Å². The zero-order chi connectivity index (χ0) is 18.9. The van der Waals surface area contributed by atoms with E-state index in [4.69, 9.17) is 10.5 Å². The molecule has 0 unspecified atom stereocenters. The maximum absolute atomic E-state index is 13.2. The zero-order valence-electron chi connectivity index (χ0n) is 16.2. The third-order valence-corrected chi connectivity index (χ3v) is 4.91. The number of hydrogen-bond acceptors (Lipinski definition) is 4. The first-order valence-corrected chi connectivity index (χ1v) is 9.37. The number of benzene rings is 1. The average molecular weight is 355 g/mol. The Bertz CT molecular complexity index is 784. The van der Waals surface area contributed by atoms with Crippen LogP contribution in [0.25, 0.3) is 10.8 Å². The fourth-order valence-corrected chi connectivity index (χ4v) is 3.70. The van der Waals surface area contributed by atoms with Crippen molar-refractivity contribution in [2.45, 2.75) is 71.1 Å². The lowest BCUT2D eigenvalue weighted by molar-refractivity contribution is 0.0557. The van der Waals surface area contributed by atoms with E-state index in [9.17, 15) is 4.79 Å². The Morgan fingerprint density at radius 3 is 2.54 bits per heavy atom. The Kier molecular flexibility index (Phi) is 5.19. The molecule has 1 aromatic carbocycles. The first-order chi connectivity index (χ1) is 12.3. The summed E-state index contributed by atoms with van der Waals surface area (Å²) in [6.45, 7) is 7.73. The molecule has 26 heavy (non-hydrogen) atoms. The van der Waals surface area contributed by atoms with Crippen molar-refractivity contribution in [2.24, 2.45) is 5.73 Å². The summed E-state index contributed by atoms with van der Waals surface area (Å²) in [6, 6.07) is 6.34. The van der Waals surface area contributed by atoms with E-state index in [1.165, 1.54) is 0 Å². The largest absolute Gasteiger partial charge is 0.443 e. The molecule has 2 aromatic rings. The highest BCUT2D eigenvalue weighted by atomic mass is 16.6. The summed E-state index contributed by atoms with van der Waals surface area (Å²) in [4.78, 5) is 19.3. The first-order valence-electron chi connectivity index (χ1n) is 9.37. The van der Waals surface area contributed by atoms with Gasteiger partial charge in [-0.1, -0.05) is 12.1 Å². The second kappa shape index (κ2) is 7.23. The number of nitrogens with two attached hydrogens (primary N) is 1. The third-order valence-electron chi connectivity index (χ3n) is 4.91. The molecule has 1 aromatic heterocycles. The van der Waals surface area contributed by atoms with Gasteiger partial charge in [0.05, 0.1) is 5.69 Å². The van der Waals surface area contributed by atoms with Crippen LogP contribution in [-0.2, 0) is 4.74 Å². The molecule has 1 aliphatic carbocycles. The minimum absolute atomic E-state index is 0.0998. The second-order valence-corrected chi connectivity index (χ2v) is 8.25. The van der Waals surface area contributed by atoms with Crippen LogP contribution in [0.1, 0.15) is 52.0 Å². The molecule has 1 amide bonds. The number of carbonyl (C=O) groups excluding carboxylic acids is 1. The highest BCUT2D eigenvalue weighted by Crippen LogP contribution is 2.35. The van der Waals surface area contributed by atoms with Crippen LogP contribution in [0.4, 0.5) is 10.5 Å². The number of nitrogens with zero attached hydrogens (tertiary/aromatic N) is 2. The predicted octanol–water partition coefficient (Wildman–Crippen LogP) is 4.55. The summed E-state index contributed by atoms with van der Waals surface area (Å²) in [5.74, 6) is 0. The molecule has 2 N–H and O–H groups in total. The van der Waals surface area contributed by atoms with Crippen molar-refractivity contribution in [2.75, 3.05) is 4.90 Å². The van der Waals surface area contributed by atoms with Crippen molar-refractivity contribution in [3.63, 3.8) is 0 Å². The van der Waals surface area contributed by atoms with Gasteiger partial charge in [0.2, 0.25) is 0 Å². The lowest BCUT2D eigenvalue weighted by Gasteiger charge is -2.37. The molecule has 0 radical (unpaired) electrons. The minimum atomic E-state index is -0.540. The maximum atomic E-state index is 13.2. The van der Waals surface area contributed by atoms with Gasteiger partial charge in [0.25, 0.3) is 0 Å². The fourth-order valence-electron chi connectivity index (χ4n) is 3.70. The van der Waals surface area contributed by atoms with Gasteiger partial charge >= 0.3 is 6.09 Å². The average Bonchev–Trinajstić information content (AvgIpc) is 2.55. The minimum Gasteiger partial charge on any atom is -0.443 e. The van der Waals surface area contributed by atoms with E-state index in [1.54, 1.807) is 0 Å². The lowest BCUT2D eigenvalue weighted by Crippen LogP contribution is -2.46.